The quantitative estimate of drug-likeness (QED) is 0.802. The van der Waals surface area contributed by atoms with Crippen molar-refractivity contribution in [2.24, 2.45) is 0 Å². The zero-order chi connectivity index (χ0) is 15.5. The molecule has 0 spiro atoms. The summed E-state index contributed by atoms with van der Waals surface area (Å²) in [6, 6.07) is 11.8. The fourth-order valence-electron chi connectivity index (χ4n) is 1.78. The van der Waals surface area contributed by atoms with E-state index < -0.39 is 10.0 Å². The Morgan fingerprint density at radius 2 is 1.81 bits per heavy atom. The summed E-state index contributed by atoms with van der Waals surface area (Å²) in [5.74, 6) is 0. The molecule has 2 aromatic carbocycles. The number of halogens is 3. The first-order valence-corrected chi connectivity index (χ1v) is 9.11. The van der Waals surface area contributed by atoms with E-state index in [1.165, 1.54) is 0 Å². The van der Waals surface area contributed by atoms with Crippen molar-refractivity contribution >= 4 is 49.2 Å². The van der Waals surface area contributed by atoms with E-state index in [0.29, 0.717) is 20.9 Å². The first-order valence-electron chi connectivity index (χ1n) is 6.08. The Labute approximate surface area is 142 Å². The zero-order valence-electron chi connectivity index (χ0n) is 10.8. The van der Waals surface area contributed by atoms with Crippen molar-refractivity contribution in [1.82, 2.24) is 4.72 Å². The number of hydrogen-bond acceptors (Lipinski definition) is 2. The van der Waals surface area contributed by atoms with Crippen LogP contribution in [-0.4, -0.2) is 15.0 Å². The lowest BCUT2D eigenvalue weighted by atomic mass is 10.1. The van der Waals surface area contributed by atoms with Gasteiger partial charge in [-0.05, 0) is 52.2 Å². The summed E-state index contributed by atoms with van der Waals surface area (Å²) < 4.78 is 27.5. The second kappa shape index (κ2) is 7.11. The maximum Gasteiger partial charge on any atom is 0.241 e. The van der Waals surface area contributed by atoms with Gasteiger partial charge in [0, 0.05) is 21.1 Å². The van der Waals surface area contributed by atoms with Crippen molar-refractivity contribution in [1.29, 1.82) is 0 Å². The van der Waals surface area contributed by atoms with Gasteiger partial charge < -0.3 is 0 Å². The summed E-state index contributed by atoms with van der Waals surface area (Å²) >= 11 is 15.1. The monoisotopic (exact) mass is 407 g/mol. The molecule has 3 nitrogen and oxygen atoms in total. The second-order valence-corrected chi connectivity index (χ2v) is 7.75. The molecule has 0 amide bonds. The van der Waals surface area contributed by atoms with Crippen LogP contribution < -0.4 is 4.72 Å². The molecule has 0 fully saturated rings. The smallest absolute Gasteiger partial charge is 0.211 e. The van der Waals surface area contributed by atoms with Crippen molar-refractivity contribution in [3.63, 3.8) is 0 Å². The summed E-state index contributed by atoms with van der Waals surface area (Å²) in [6.07, 6.45) is 0.486. The van der Waals surface area contributed by atoms with Crippen LogP contribution in [0.25, 0.3) is 0 Å². The van der Waals surface area contributed by atoms with Crippen molar-refractivity contribution in [2.45, 2.75) is 11.3 Å². The van der Waals surface area contributed by atoms with Crippen LogP contribution in [0.3, 0.4) is 0 Å². The maximum absolute atomic E-state index is 12.2. The molecule has 0 saturated carbocycles. The van der Waals surface area contributed by atoms with E-state index in [1.807, 2.05) is 0 Å². The van der Waals surface area contributed by atoms with Gasteiger partial charge in [0.15, 0.2) is 0 Å². The van der Waals surface area contributed by atoms with Gasteiger partial charge in [0.2, 0.25) is 10.0 Å². The molecule has 0 bridgehead atoms. The number of nitrogens with one attached hydrogen (secondary N) is 1. The minimum absolute atomic E-state index is 0.215. The number of rotatable bonds is 5. The Kier molecular flexibility index (Phi) is 5.68. The minimum Gasteiger partial charge on any atom is -0.211 e. The van der Waals surface area contributed by atoms with Gasteiger partial charge in [-0.3, -0.25) is 0 Å². The van der Waals surface area contributed by atoms with E-state index in [1.54, 1.807) is 42.5 Å². The Balaban J connectivity index is 2.04. The molecule has 0 heterocycles. The largest absolute Gasteiger partial charge is 0.241 e. The van der Waals surface area contributed by atoms with Crippen LogP contribution >= 0.6 is 39.1 Å². The third kappa shape index (κ3) is 4.44. The predicted molar refractivity (Wildman–Crippen MR) is 89.5 cm³/mol. The van der Waals surface area contributed by atoms with E-state index in [4.69, 9.17) is 23.2 Å². The van der Waals surface area contributed by atoms with E-state index >= 15 is 0 Å². The molecule has 112 valence electrons. The molecule has 1 N–H and O–H groups in total. The van der Waals surface area contributed by atoms with Gasteiger partial charge in [0.05, 0.1) is 4.90 Å². The van der Waals surface area contributed by atoms with E-state index in [-0.39, 0.29) is 11.4 Å². The van der Waals surface area contributed by atoms with Crippen molar-refractivity contribution < 1.29 is 8.42 Å². The SMILES string of the molecule is O=S(=O)(NCCc1ccc(Cl)cc1Cl)c1ccccc1Br. The van der Waals surface area contributed by atoms with Crippen LogP contribution in [0.5, 0.6) is 0 Å². The lowest BCUT2D eigenvalue weighted by Gasteiger charge is -2.09. The normalized spacial score (nSPS) is 11.6. The maximum atomic E-state index is 12.2. The van der Waals surface area contributed by atoms with Crippen molar-refractivity contribution in [3.05, 3.63) is 62.5 Å². The van der Waals surface area contributed by atoms with Gasteiger partial charge >= 0.3 is 0 Å². The third-order valence-electron chi connectivity index (χ3n) is 2.83. The Hall–Kier alpha value is -0.590. The summed E-state index contributed by atoms with van der Waals surface area (Å²) in [7, 11) is -3.55. The first kappa shape index (κ1) is 16.8. The van der Waals surface area contributed by atoms with Crippen LogP contribution in [0.4, 0.5) is 0 Å². The molecule has 0 unspecified atom stereocenters. The molecular formula is C14H12BrCl2NO2S. The fraction of sp³-hybridized carbons (Fsp3) is 0.143. The lowest BCUT2D eigenvalue weighted by Crippen LogP contribution is -2.26. The van der Waals surface area contributed by atoms with E-state index in [2.05, 4.69) is 20.7 Å². The Morgan fingerprint density at radius 3 is 2.48 bits per heavy atom. The zero-order valence-corrected chi connectivity index (χ0v) is 14.7. The third-order valence-corrected chi connectivity index (χ3v) is 5.89. The van der Waals surface area contributed by atoms with Gasteiger partial charge in [-0.15, -0.1) is 0 Å². The standard InChI is InChI=1S/C14H12BrCl2NO2S/c15-12-3-1-2-4-14(12)21(19,20)18-8-7-10-5-6-11(16)9-13(10)17/h1-6,9,18H,7-8H2. The lowest BCUT2D eigenvalue weighted by molar-refractivity contribution is 0.581. The van der Waals surface area contributed by atoms with Crippen molar-refractivity contribution in [3.8, 4) is 0 Å². The average molecular weight is 409 g/mol. The Morgan fingerprint density at radius 1 is 1.10 bits per heavy atom. The summed E-state index contributed by atoms with van der Waals surface area (Å²) in [6.45, 7) is 0.255. The summed E-state index contributed by atoms with van der Waals surface area (Å²) in [5.41, 5.74) is 0.843. The minimum atomic E-state index is -3.55. The second-order valence-electron chi connectivity index (χ2n) is 4.31. The highest BCUT2D eigenvalue weighted by atomic mass is 79.9. The van der Waals surface area contributed by atoms with Crippen LogP contribution in [-0.2, 0) is 16.4 Å². The topological polar surface area (TPSA) is 46.2 Å². The molecule has 7 heteroatoms. The molecule has 0 aliphatic rings. The van der Waals surface area contributed by atoms with Gasteiger partial charge in [-0.25, -0.2) is 13.1 Å². The van der Waals surface area contributed by atoms with E-state index in [9.17, 15) is 8.42 Å². The van der Waals surface area contributed by atoms with Crippen LogP contribution in [0.1, 0.15) is 5.56 Å². The molecule has 0 aromatic heterocycles. The number of benzene rings is 2. The van der Waals surface area contributed by atoms with E-state index in [0.717, 1.165) is 5.56 Å². The van der Waals surface area contributed by atoms with Gasteiger partial charge in [-0.2, -0.15) is 0 Å². The fourth-order valence-corrected chi connectivity index (χ4v) is 4.32. The van der Waals surface area contributed by atoms with Gasteiger partial charge in [0.1, 0.15) is 0 Å². The first-order chi connectivity index (χ1) is 9.90. The van der Waals surface area contributed by atoms with Gasteiger partial charge in [0.25, 0.3) is 0 Å². The van der Waals surface area contributed by atoms with Gasteiger partial charge in [-0.1, -0.05) is 41.4 Å². The average Bonchev–Trinajstić information content (AvgIpc) is 2.41. The molecule has 0 aliphatic carbocycles. The van der Waals surface area contributed by atoms with Crippen LogP contribution in [0, 0.1) is 0 Å². The Bertz CT molecular complexity index is 750. The van der Waals surface area contributed by atoms with Crippen LogP contribution in [0.2, 0.25) is 10.0 Å². The molecule has 0 saturated heterocycles. The molecule has 2 aromatic rings. The molecule has 0 radical (unpaired) electrons. The molecular weight excluding hydrogens is 397 g/mol. The summed E-state index contributed by atoms with van der Waals surface area (Å²) in [4.78, 5) is 0.215. The highest BCUT2D eigenvalue weighted by Gasteiger charge is 2.16. The summed E-state index contributed by atoms with van der Waals surface area (Å²) in [5, 5.41) is 1.08. The predicted octanol–water partition coefficient (Wildman–Crippen LogP) is 4.28. The molecule has 21 heavy (non-hydrogen) atoms. The van der Waals surface area contributed by atoms with Crippen LogP contribution in [0.15, 0.2) is 51.8 Å². The number of hydrogen-bond donors (Lipinski definition) is 1. The highest BCUT2D eigenvalue weighted by Crippen LogP contribution is 2.22. The molecule has 2 rings (SSSR count). The molecule has 0 aliphatic heterocycles. The molecule has 0 atom stereocenters. The van der Waals surface area contributed by atoms with Crippen molar-refractivity contribution in [2.75, 3.05) is 6.54 Å². The highest BCUT2D eigenvalue weighted by molar-refractivity contribution is 9.10. The number of sulfonamides is 1.